The summed E-state index contributed by atoms with van der Waals surface area (Å²) >= 11 is 0. The van der Waals surface area contributed by atoms with Crippen molar-refractivity contribution in [2.45, 2.75) is 12.8 Å². The van der Waals surface area contributed by atoms with Gasteiger partial charge in [0.25, 0.3) is 0 Å². The van der Waals surface area contributed by atoms with Gasteiger partial charge in [-0.2, -0.15) is 5.01 Å². The molecule has 0 aromatic heterocycles. The maximum atomic E-state index is 4.71. The lowest BCUT2D eigenvalue weighted by Gasteiger charge is -2.19. The fraction of sp³-hybridized carbons (Fsp3) is 0.208. The summed E-state index contributed by atoms with van der Waals surface area (Å²) in [6.45, 7) is 0.863. The van der Waals surface area contributed by atoms with E-state index in [2.05, 4.69) is 75.6 Å². The van der Waals surface area contributed by atoms with Crippen LogP contribution in [0, 0.1) is 0 Å². The third kappa shape index (κ3) is 5.29. The maximum absolute atomic E-state index is 4.71. The summed E-state index contributed by atoms with van der Waals surface area (Å²) in [6.07, 6.45) is -0.180. The molecule has 1 N–H and O–H groups in total. The smallest absolute Gasteiger partial charge is 0.305 e. The van der Waals surface area contributed by atoms with Gasteiger partial charge in [-0.15, -0.1) is 10.2 Å². The van der Waals surface area contributed by atoms with E-state index < -0.39 is 0 Å². The molecule has 0 radical (unpaired) electrons. The van der Waals surface area contributed by atoms with Crippen molar-refractivity contribution in [1.82, 2.24) is 4.90 Å². The minimum Gasteiger partial charge on any atom is -1.00 e. The molecule has 1 heterocycles. The second-order valence-electron chi connectivity index (χ2n) is 7.50. The first-order valence-electron chi connectivity index (χ1n) is 10.1. The highest BCUT2D eigenvalue weighted by Crippen LogP contribution is 2.21. The number of nitrogens with zero attached hydrogens (tertiary/aromatic N) is 5. The Kier molecular flexibility index (Phi) is 7.39. The number of azo groups is 1. The van der Waals surface area contributed by atoms with Gasteiger partial charge in [0.15, 0.2) is 5.84 Å². The monoisotopic (exact) mass is 434 g/mol. The Bertz CT molecular complexity index is 1020. The van der Waals surface area contributed by atoms with Gasteiger partial charge >= 0.3 is 6.29 Å². The summed E-state index contributed by atoms with van der Waals surface area (Å²) in [5, 5.41) is 14.7. The van der Waals surface area contributed by atoms with Crippen LogP contribution in [-0.2, 0) is 6.54 Å². The van der Waals surface area contributed by atoms with Gasteiger partial charge in [-0.3, -0.25) is 4.90 Å². The Morgan fingerprint density at radius 2 is 1.55 bits per heavy atom. The average Bonchev–Trinajstić information content (AvgIpc) is 3.07. The lowest BCUT2D eigenvalue weighted by atomic mass is 10.2. The molecular weight excluding hydrogens is 408 g/mol. The van der Waals surface area contributed by atoms with Gasteiger partial charge < -0.3 is 17.3 Å². The van der Waals surface area contributed by atoms with Crippen LogP contribution in [0.4, 0.5) is 11.4 Å². The van der Waals surface area contributed by atoms with Crippen molar-refractivity contribution in [1.29, 1.82) is 0 Å². The highest BCUT2D eigenvalue weighted by atomic mass is 35.5. The quantitative estimate of drug-likeness (QED) is 0.575. The molecule has 1 aliphatic heterocycles. The Labute approximate surface area is 189 Å². The summed E-state index contributed by atoms with van der Waals surface area (Å²) in [5.74, 6) is 0.926. The molecule has 0 saturated carbocycles. The topological polar surface area (TPSA) is 48.0 Å². The summed E-state index contributed by atoms with van der Waals surface area (Å²) in [6, 6.07) is 28.8. The fourth-order valence-corrected chi connectivity index (χ4v) is 3.56. The molecule has 0 spiro atoms. The molecule has 160 valence electrons. The summed E-state index contributed by atoms with van der Waals surface area (Å²) in [4.78, 5) is 4.29. The van der Waals surface area contributed by atoms with Gasteiger partial charge in [-0.05, 0) is 29.8 Å². The largest absolute Gasteiger partial charge is 1.00 e. The van der Waals surface area contributed by atoms with E-state index in [1.807, 2.05) is 50.5 Å². The zero-order valence-corrected chi connectivity index (χ0v) is 18.7. The number of nitrogens with one attached hydrogen (secondary N) is 1. The lowest BCUT2D eigenvalue weighted by molar-refractivity contribution is -0.914. The van der Waals surface area contributed by atoms with E-state index in [0.29, 0.717) is 0 Å². The molecule has 2 atom stereocenters. The number of halogens is 1. The van der Waals surface area contributed by atoms with E-state index in [9.17, 15) is 0 Å². The number of rotatable bonds is 6. The number of hydrogen-bond donors (Lipinski definition) is 1. The molecule has 3 aromatic carbocycles. The maximum Gasteiger partial charge on any atom is 0.305 e. The Morgan fingerprint density at radius 3 is 2.19 bits per heavy atom. The number of hydrogen-bond acceptors (Lipinski definition) is 5. The molecule has 0 aliphatic carbocycles. The van der Waals surface area contributed by atoms with Gasteiger partial charge in [0.1, 0.15) is 0 Å². The second-order valence-corrected chi connectivity index (χ2v) is 7.50. The van der Waals surface area contributed by atoms with Gasteiger partial charge in [-0.1, -0.05) is 65.8 Å². The van der Waals surface area contributed by atoms with Crippen LogP contribution in [0.25, 0.3) is 0 Å². The molecule has 0 fully saturated rings. The molecule has 2 unspecified atom stereocenters. The van der Waals surface area contributed by atoms with Crippen LogP contribution in [0.1, 0.15) is 11.1 Å². The molecular formula is C24H27ClN6. The van der Waals surface area contributed by atoms with E-state index in [1.54, 1.807) is 0 Å². The van der Waals surface area contributed by atoms with E-state index >= 15 is 0 Å². The van der Waals surface area contributed by atoms with Crippen LogP contribution in [0.15, 0.2) is 100 Å². The van der Waals surface area contributed by atoms with Crippen LogP contribution in [-0.4, -0.2) is 38.2 Å². The number of anilines is 1. The molecule has 4 rings (SSSR count). The number of amidine groups is 1. The van der Waals surface area contributed by atoms with Crippen molar-refractivity contribution < 1.29 is 17.4 Å². The highest BCUT2D eigenvalue weighted by Gasteiger charge is 2.34. The molecule has 1 aliphatic rings. The standard InChI is InChI=1S/C24H26N6.ClH/c1-28(18-19-10-6-4-7-11-19)22-16-14-21(15-17-22)25-26-24-29(2)23(27-30(24)3)20-12-8-5-9-13-20;/h4-17,24H,18H2,1-3H3;1H. The predicted molar refractivity (Wildman–Crippen MR) is 121 cm³/mol. The third-order valence-electron chi connectivity index (χ3n) is 5.22. The third-order valence-corrected chi connectivity index (χ3v) is 5.22. The lowest BCUT2D eigenvalue weighted by Crippen LogP contribution is -3.07. The molecule has 31 heavy (non-hydrogen) atoms. The zero-order valence-electron chi connectivity index (χ0n) is 18.0. The Hall–Kier alpha value is -3.22. The van der Waals surface area contributed by atoms with E-state index in [4.69, 9.17) is 5.10 Å². The zero-order chi connectivity index (χ0) is 20.9. The SMILES string of the molecule is CN(Cc1ccccc1)c1ccc(N=NC2N(C)C(c3ccccc3)=N[NH+]2C)cc1.[Cl-]. The normalized spacial score (nSPS) is 18.0. The van der Waals surface area contributed by atoms with Gasteiger partial charge in [0.05, 0.1) is 12.7 Å². The molecule has 7 heteroatoms. The van der Waals surface area contributed by atoms with Crippen LogP contribution in [0.2, 0.25) is 0 Å². The van der Waals surface area contributed by atoms with E-state index in [-0.39, 0.29) is 18.7 Å². The Morgan fingerprint density at radius 1 is 0.935 bits per heavy atom. The van der Waals surface area contributed by atoms with E-state index in [0.717, 1.165) is 34.3 Å². The summed E-state index contributed by atoms with van der Waals surface area (Å²) in [7, 11) is 6.10. The van der Waals surface area contributed by atoms with Crippen molar-refractivity contribution in [2.75, 3.05) is 26.0 Å². The number of quaternary nitrogens is 1. The van der Waals surface area contributed by atoms with Crippen molar-refractivity contribution in [3.05, 3.63) is 96.1 Å². The molecule has 6 nitrogen and oxygen atoms in total. The first-order chi connectivity index (χ1) is 14.6. The fourth-order valence-electron chi connectivity index (χ4n) is 3.56. The Balaban J connectivity index is 0.00000272. The molecule has 3 aromatic rings. The molecule has 0 bridgehead atoms. The number of benzene rings is 3. The minimum atomic E-state index is -0.180. The van der Waals surface area contributed by atoms with Crippen molar-refractivity contribution in [3.63, 3.8) is 0 Å². The summed E-state index contributed by atoms with van der Waals surface area (Å²) < 4.78 is 0. The summed E-state index contributed by atoms with van der Waals surface area (Å²) in [5.41, 5.74) is 4.35. The van der Waals surface area contributed by atoms with Crippen molar-refractivity contribution in [3.8, 4) is 0 Å². The predicted octanol–water partition coefficient (Wildman–Crippen LogP) is 0.516. The highest BCUT2D eigenvalue weighted by molar-refractivity contribution is 5.98. The minimum absolute atomic E-state index is 0. The van der Waals surface area contributed by atoms with Gasteiger partial charge in [-0.25, -0.2) is 0 Å². The van der Waals surface area contributed by atoms with Gasteiger partial charge in [0.2, 0.25) is 0 Å². The van der Waals surface area contributed by atoms with Crippen molar-refractivity contribution in [2.24, 2.45) is 15.3 Å². The van der Waals surface area contributed by atoms with Gasteiger partial charge in [0, 0.05) is 31.9 Å². The van der Waals surface area contributed by atoms with Crippen LogP contribution in [0.3, 0.4) is 0 Å². The van der Waals surface area contributed by atoms with Crippen molar-refractivity contribution >= 4 is 17.2 Å². The molecule has 0 amide bonds. The van der Waals surface area contributed by atoms with E-state index in [1.165, 1.54) is 5.56 Å². The van der Waals surface area contributed by atoms with Crippen LogP contribution in [0.5, 0.6) is 0 Å². The van der Waals surface area contributed by atoms with Crippen LogP contribution >= 0.6 is 0 Å². The first-order valence-corrected chi connectivity index (χ1v) is 10.1. The average molecular weight is 435 g/mol. The first kappa shape index (κ1) is 22.5. The second kappa shape index (κ2) is 10.2. The molecule has 0 saturated heterocycles. The van der Waals surface area contributed by atoms with Crippen LogP contribution < -0.4 is 22.3 Å².